The maximum Gasteiger partial charge on any atom is 0.220 e. The molecule has 6 nitrogen and oxygen atoms in total. The van der Waals surface area contributed by atoms with Crippen LogP contribution in [0.5, 0.6) is 0 Å². The molecule has 170 valence electrons. The third-order valence-corrected chi connectivity index (χ3v) is 5.71. The van der Waals surface area contributed by atoms with Crippen molar-refractivity contribution in [3.63, 3.8) is 0 Å². The molecule has 1 saturated heterocycles. The molecule has 1 amide bonds. The topological polar surface area (TPSA) is 78.5 Å². The highest BCUT2D eigenvalue weighted by atomic mass is 16.5. The summed E-state index contributed by atoms with van der Waals surface area (Å²) in [6, 6.07) is 0. The van der Waals surface area contributed by atoms with Gasteiger partial charge in [-0.15, -0.1) is 0 Å². The molecule has 0 aliphatic carbocycles. The van der Waals surface area contributed by atoms with Gasteiger partial charge < -0.3 is 24.4 Å². The Morgan fingerprint density at radius 1 is 0.897 bits per heavy atom. The Morgan fingerprint density at radius 2 is 1.41 bits per heavy atom. The lowest BCUT2D eigenvalue weighted by Gasteiger charge is -2.42. The van der Waals surface area contributed by atoms with E-state index >= 15 is 0 Å². The van der Waals surface area contributed by atoms with Crippen molar-refractivity contribution in [3.8, 4) is 0 Å². The number of carboxylic acids is 1. The second-order valence-electron chi connectivity index (χ2n) is 9.35. The quantitative estimate of drug-likeness (QED) is 0.312. The molecule has 0 saturated carbocycles. The van der Waals surface area contributed by atoms with Crippen molar-refractivity contribution in [1.29, 1.82) is 0 Å². The number of nitrogens with one attached hydrogen (secondary N) is 1. The number of likely N-dealkylation sites (N-methyl/N-ethyl adjacent to an activating group) is 1. The van der Waals surface area contributed by atoms with Gasteiger partial charge in [-0.2, -0.15) is 0 Å². The highest BCUT2D eigenvalue weighted by Crippen LogP contribution is 2.17. The molecule has 29 heavy (non-hydrogen) atoms. The summed E-state index contributed by atoms with van der Waals surface area (Å²) >= 11 is 0. The van der Waals surface area contributed by atoms with Crippen LogP contribution in [-0.2, 0) is 14.3 Å². The van der Waals surface area contributed by atoms with E-state index in [4.69, 9.17) is 4.74 Å². The number of hydrogen-bond donors (Lipinski definition) is 1. The van der Waals surface area contributed by atoms with Gasteiger partial charge in [0.1, 0.15) is 25.3 Å². The molecule has 1 fully saturated rings. The Hall–Kier alpha value is -1.14. The Morgan fingerprint density at radius 3 is 1.97 bits per heavy atom. The molecule has 6 heteroatoms. The zero-order chi connectivity index (χ0) is 21.5. The minimum Gasteiger partial charge on any atom is -0.550 e. The summed E-state index contributed by atoms with van der Waals surface area (Å²) < 4.78 is 6.53. The minimum absolute atomic E-state index is 0.0665. The van der Waals surface area contributed by atoms with Crippen LogP contribution < -0.4 is 10.4 Å². The smallest absolute Gasteiger partial charge is 0.220 e. The highest BCUT2D eigenvalue weighted by Gasteiger charge is 2.34. The van der Waals surface area contributed by atoms with E-state index in [9.17, 15) is 14.7 Å². The SMILES string of the molecule is CCCCCCCCCCCCCC(=O)NC[C@@H]1C[N+](C)(C)C[C@@H](CC(=O)[O-])O1. The van der Waals surface area contributed by atoms with Crippen molar-refractivity contribution in [1.82, 2.24) is 5.32 Å². The van der Waals surface area contributed by atoms with Gasteiger partial charge in [-0.25, -0.2) is 0 Å². The largest absolute Gasteiger partial charge is 0.550 e. The third-order valence-electron chi connectivity index (χ3n) is 5.71. The van der Waals surface area contributed by atoms with Gasteiger partial charge in [0.15, 0.2) is 0 Å². The lowest BCUT2D eigenvalue weighted by Crippen LogP contribution is -2.59. The first-order valence-electron chi connectivity index (χ1n) is 11.8. The van der Waals surface area contributed by atoms with Gasteiger partial charge >= 0.3 is 0 Å². The van der Waals surface area contributed by atoms with Crippen molar-refractivity contribution in [2.45, 2.75) is 103 Å². The van der Waals surface area contributed by atoms with Crippen molar-refractivity contribution in [3.05, 3.63) is 0 Å². The van der Waals surface area contributed by atoms with E-state index in [0.717, 1.165) is 19.4 Å². The highest BCUT2D eigenvalue weighted by molar-refractivity contribution is 5.75. The number of carbonyl (C=O) groups is 2. The van der Waals surface area contributed by atoms with Gasteiger partial charge in [-0.05, 0) is 6.42 Å². The van der Waals surface area contributed by atoms with Gasteiger partial charge in [0, 0.05) is 25.4 Å². The van der Waals surface area contributed by atoms with E-state index in [0.29, 0.717) is 24.0 Å². The number of carbonyl (C=O) groups excluding carboxylic acids is 2. The molecule has 2 atom stereocenters. The van der Waals surface area contributed by atoms with E-state index < -0.39 is 5.97 Å². The van der Waals surface area contributed by atoms with Crippen molar-refractivity contribution >= 4 is 11.9 Å². The number of aliphatic carboxylic acids is 1. The molecular weight excluding hydrogens is 368 g/mol. The van der Waals surface area contributed by atoms with Crippen molar-refractivity contribution in [2.24, 2.45) is 0 Å². The first-order chi connectivity index (χ1) is 13.8. The van der Waals surface area contributed by atoms with Crippen LogP contribution in [0.15, 0.2) is 0 Å². The van der Waals surface area contributed by atoms with Crippen LogP contribution in [0.4, 0.5) is 0 Å². The van der Waals surface area contributed by atoms with Gasteiger partial charge in [-0.1, -0.05) is 71.1 Å². The number of nitrogens with zero attached hydrogens (tertiary/aromatic N) is 1. The van der Waals surface area contributed by atoms with E-state index in [-0.39, 0.29) is 24.5 Å². The molecule has 1 heterocycles. The molecule has 0 unspecified atom stereocenters. The lowest BCUT2D eigenvalue weighted by atomic mass is 10.1. The number of amides is 1. The van der Waals surface area contributed by atoms with Crippen LogP contribution in [-0.4, -0.2) is 62.3 Å². The summed E-state index contributed by atoms with van der Waals surface area (Å²) in [5.74, 6) is -1.02. The molecule has 0 aromatic carbocycles. The molecule has 0 bridgehead atoms. The number of unbranched alkanes of at least 4 members (excludes halogenated alkanes) is 10. The Labute approximate surface area is 178 Å². The Balaban J connectivity index is 2.05. The van der Waals surface area contributed by atoms with Crippen LogP contribution in [0.2, 0.25) is 0 Å². The first kappa shape index (κ1) is 25.9. The average Bonchev–Trinajstić information content (AvgIpc) is 2.62. The number of morpholine rings is 1. The number of carboxylic acid groups (broad SMARTS) is 1. The van der Waals surface area contributed by atoms with Crippen LogP contribution >= 0.6 is 0 Å². The number of quaternary nitrogens is 1. The predicted molar refractivity (Wildman–Crippen MR) is 114 cm³/mol. The van der Waals surface area contributed by atoms with E-state index in [1.165, 1.54) is 57.8 Å². The van der Waals surface area contributed by atoms with Crippen molar-refractivity contribution in [2.75, 3.05) is 33.7 Å². The van der Waals surface area contributed by atoms with E-state index in [1.807, 2.05) is 0 Å². The first-order valence-corrected chi connectivity index (χ1v) is 11.8. The zero-order valence-electron chi connectivity index (χ0n) is 19.0. The summed E-state index contributed by atoms with van der Waals surface area (Å²) in [7, 11) is 4.12. The Kier molecular flexibility index (Phi) is 13.2. The molecule has 0 spiro atoms. The van der Waals surface area contributed by atoms with Gasteiger partial charge in [0.25, 0.3) is 0 Å². The van der Waals surface area contributed by atoms with E-state index in [2.05, 4.69) is 26.3 Å². The number of rotatable bonds is 16. The number of ether oxygens (including phenoxy) is 1. The summed E-state index contributed by atoms with van der Waals surface area (Å²) in [4.78, 5) is 23.0. The van der Waals surface area contributed by atoms with Gasteiger partial charge in [0.2, 0.25) is 5.91 Å². The summed E-state index contributed by atoms with van der Waals surface area (Å²) in [5, 5.41) is 13.8. The monoisotopic (exact) mass is 412 g/mol. The van der Waals surface area contributed by atoms with Crippen LogP contribution in [0.25, 0.3) is 0 Å². The maximum atomic E-state index is 12.1. The minimum atomic E-state index is -1.09. The second-order valence-corrected chi connectivity index (χ2v) is 9.35. The Bertz CT molecular complexity index is 468. The van der Waals surface area contributed by atoms with Crippen molar-refractivity contribution < 1.29 is 23.9 Å². The third kappa shape index (κ3) is 13.7. The fraction of sp³-hybridized carbons (Fsp3) is 0.913. The van der Waals surface area contributed by atoms with Crippen LogP contribution in [0.1, 0.15) is 90.4 Å². The van der Waals surface area contributed by atoms with Crippen LogP contribution in [0, 0.1) is 0 Å². The summed E-state index contributed by atoms with van der Waals surface area (Å²) in [5.41, 5.74) is 0. The maximum absolute atomic E-state index is 12.1. The normalized spacial score (nSPS) is 21.1. The fourth-order valence-electron chi connectivity index (χ4n) is 4.21. The second kappa shape index (κ2) is 14.8. The molecule has 0 aromatic heterocycles. The molecule has 0 radical (unpaired) electrons. The van der Waals surface area contributed by atoms with Gasteiger partial charge in [0.05, 0.1) is 14.1 Å². The predicted octanol–water partition coefficient (Wildman–Crippen LogP) is 2.79. The standard InChI is InChI=1S/C23H44N2O4/c1-4-5-6-7-8-9-10-11-12-13-14-15-22(26)24-17-21-19-25(2,3)18-20(29-21)16-23(27)28/h20-21H,4-19H2,1-3H3,(H-,24,26,27,28)/t20-,21-/m1/s1. The lowest BCUT2D eigenvalue weighted by molar-refractivity contribution is -0.905. The van der Waals surface area contributed by atoms with Gasteiger partial charge in [-0.3, -0.25) is 4.79 Å². The zero-order valence-corrected chi connectivity index (χ0v) is 19.0. The molecular formula is C23H44N2O4. The van der Waals surface area contributed by atoms with Crippen LogP contribution in [0.3, 0.4) is 0 Å². The molecule has 1 rings (SSSR count). The molecule has 1 aliphatic rings. The molecule has 1 N–H and O–H groups in total. The summed E-state index contributed by atoms with van der Waals surface area (Å²) in [6.07, 6.45) is 14.0. The molecule has 1 aliphatic heterocycles. The molecule has 0 aromatic rings. The van der Waals surface area contributed by atoms with E-state index in [1.54, 1.807) is 0 Å². The number of hydrogen-bond acceptors (Lipinski definition) is 4. The average molecular weight is 413 g/mol. The summed E-state index contributed by atoms with van der Waals surface area (Å²) in [6.45, 7) is 4.11. The fourth-order valence-corrected chi connectivity index (χ4v) is 4.21.